The van der Waals surface area contributed by atoms with E-state index in [1.165, 1.54) is 5.56 Å². The van der Waals surface area contributed by atoms with Gasteiger partial charge < -0.3 is 4.74 Å². The Balaban J connectivity index is 2.05. The maximum absolute atomic E-state index is 5.37. The minimum Gasteiger partial charge on any atom is -0.381 e. The van der Waals surface area contributed by atoms with Gasteiger partial charge in [-0.2, -0.15) is 0 Å². The second-order valence-corrected chi connectivity index (χ2v) is 4.30. The van der Waals surface area contributed by atoms with Crippen molar-refractivity contribution < 1.29 is 4.74 Å². The summed E-state index contributed by atoms with van der Waals surface area (Å²) in [5.74, 6) is 2.12. The maximum Gasteiger partial charge on any atom is 0.125 e. The van der Waals surface area contributed by atoms with Crippen molar-refractivity contribution in [1.29, 1.82) is 0 Å². The van der Waals surface area contributed by atoms with Gasteiger partial charge in [-0.25, -0.2) is 9.97 Å². The number of aromatic nitrogens is 2. The molecule has 0 aliphatic carbocycles. The molecule has 0 N–H and O–H groups in total. The minimum absolute atomic E-state index is 0.550. The monoisotopic (exact) mass is 206 g/mol. The zero-order chi connectivity index (χ0) is 10.7. The molecule has 1 unspecified atom stereocenters. The zero-order valence-electron chi connectivity index (χ0n) is 9.44. The van der Waals surface area contributed by atoms with Gasteiger partial charge in [0.15, 0.2) is 0 Å². The van der Waals surface area contributed by atoms with Gasteiger partial charge in [0.1, 0.15) is 5.82 Å². The highest BCUT2D eigenvalue weighted by Gasteiger charge is 2.21. The van der Waals surface area contributed by atoms with Crippen LogP contribution in [0.4, 0.5) is 0 Å². The van der Waals surface area contributed by atoms with Gasteiger partial charge in [0.25, 0.3) is 0 Å². The average molecular weight is 206 g/mol. The molecule has 1 aliphatic rings. The van der Waals surface area contributed by atoms with Crippen molar-refractivity contribution in [2.75, 3.05) is 13.2 Å². The lowest BCUT2D eigenvalue weighted by atomic mass is 9.84. The van der Waals surface area contributed by atoms with Crippen molar-refractivity contribution >= 4 is 0 Å². The summed E-state index contributed by atoms with van der Waals surface area (Å²) in [6.45, 7) is 6.00. The Morgan fingerprint density at radius 1 is 1.27 bits per heavy atom. The summed E-state index contributed by atoms with van der Waals surface area (Å²) in [7, 11) is 0. The molecule has 82 valence electrons. The summed E-state index contributed by atoms with van der Waals surface area (Å²) in [6.07, 6.45) is 6.25. The predicted octanol–water partition coefficient (Wildman–Crippen LogP) is 2.32. The van der Waals surface area contributed by atoms with Gasteiger partial charge in [0, 0.05) is 25.6 Å². The second kappa shape index (κ2) is 4.71. The van der Waals surface area contributed by atoms with Crippen LogP contribution in [-0.2, 0) is 4.74 Å². The van der Waals surface area contributed by atoms with E-state index in [1.54, 1.807) is 0 Å². The van der Waals surface area contributed by atoms with E-state index in [0.29, 0.717) is 5.92 Å². The summed E-state index contributed by atoms with van der Waals surface area (Å²) in [6, 6.07) is 0. The first-order valence-corrected chi connectivity index (χ1v) is 5.63. The van der Waals surface area contributed by atoms with Crippen molar-refractivity contribution in [2.45, 2.75) is 32.6 Å². The highest BCUT2D eigenvalue weighted by atomic mass is 16.5. The molecule has 15 heavy (non-hydrogen) atoms. The molecule has 1 atom stereocenters. The number of ether oxygens (including phenoxy) is 1. The van der Waals surface area contributed by atoms with E-state index in [2.05, 4.69) is 16.9 Å². The van der Waals surface area contributed by atoms with E-state index in [-0.39, 0.29) is 0 Å². The van der Waals surface area contributed by atoms with Gasteiger partial charge in [-0.3, -0.25) is 0 Å². The third-order valence-corrected chi connectivity index (χ3v) is 3.30. The van der Waals surface area contributed by atoms with E-state index in [9.17, 15) is 0 Å². The van der Waals surface area contributed by atoms with Gasteiger partial charge in [-0.05, 0) is 37.2 Å². The highest BCUT2D eigenvalue weighted by molar-refractivity contribution is 5.12. The molecular weight excluding hydrogens is 188 g/mol. The van der Waals surface area contributed by atoms with Crippen LogP contribution in [0.5, 0.6) is 0 Å². The van der Waals surface area contributed by atoms with Crippen LogP contribution >= 0.6 is 0 Å². The van der Waals surface area contributed by atoms with E-state index < -0.39 is 0 Å². The van der Waals surface area contributed by atoms with Crippen LogP contribution in [0.2, 0.25) is 0 Å². The van der Waals surface area contributed by atoms with Crippen LogP contribution in [-0.4, -0.2) is 23.2 Å². The van der Waals surface area contributed by atoms with Crippen LogP contribution in [0.25, 0.3) is 0 Å². The van der Waals surface area contributed by atoms with Gasteiger partial charge in [0.2, 0.25) is 0 Å². The first-order valence-electron chi connectivity index (χ1n) is 5.63. The summed E-state index contributed by atoms with van der Waals surface area (Å²) >= 11 is 0. The number of nitrogens with zero attached hydrogens (tertiary/aromatic N) is 2. The van der Waals surface area contributed by atoms with Crippen LogP contribution in [0.3, 0.4) is 0 Å². The van der Waals surface area contributed by atoms with Crippen LogP contribution < -0.4 is 0 Å². The molecule has 1 aliphatic heterocycles. The smallest absolute Gasteiger partial charge is 0.125 e. The first kappa shape index (κ1) is 10.6. The molecule has 0 spiro atoms. The fourth-order valence-electron chi connectivity index (χ4n) is 2.13. The number of aryl methyl sites for hydroxylation is 1. The number of rotatable bonds is 2. The topological polar surface area (TPSA) is 35.0 Å². The molecule has 3 heteroatoms. The Kier molecular flexibility index (Phi) is 3.31. The molecule has 0 bridgehead atoms. The third kappa shape index (κ3) is 2.53. The van der Waals surface area contributed by atoms with Crippen LogP contribution in [0.15, 0.2) is 12.4 Å². The van der Waals surface area contributed by atoms with Crippen molar-refractivity contribution in [3.05, 3.63) is 23.8 Å². The lowest BCUT2D eigenvalue weighted by molar-refractivity contribution is 0.0595. The SMILES string of the molecule is Cc1ncc(C(C)C2CCOCC2)cn1. The molecule has 2 heterocycles. The third-order valence-electron chi connectivity index (χ3n) is 3.30. The lowest BCUT2D eigenvalue weighted by Gasteiger charge is -2.27. The van der Waals surface area contributed by atoms with Crippen molar-refractivity contribution in [3.63, 3.8) is 0 Å². The van der Waals surface area contributed by atoms with Crippen molar-refractivity contribution in [1.82, 2.24) is 9.97 Å². The standard InChI is InChI=1S/C12H18N2O/c1-9(11-3-5-15-6-4-11)12-7-13-10(2)14-8-12/h7-9,11H,3-6H2,1-2H3. The van der Waals surface area contributed by atoms with Gasteiger partial charge in [-0.15, -0.1) is 0 Å². The zero-order valence-corrected chi connectivity index (χ0v) is 9.44. The van der Waals surface area contributed by atoms with E-state index in [1.807, 2.05) is 19.3 Å². The minimum atomic E-state index is 0.550. The van der Waals surface area contributed by atoms with Gasteiger partial charge >= 0.3 is 0 Å². The lowest BCUT2D eigenvalue weighted by Crippen LogP contribution is -2.20. The summed E-state index contributed by atoms with van der Waals surface area (Å²) in [5, 5.41) is 0. The molecule has 2 rings (SSSR count). The van der Waals surface area contributed by atoms with E-state index >= 15 is 0 Å². The molecule has 0 aromatic carbocycles. The molecule has 1 fully saturated rings. The highest BCUT2D eigenvalue weighted by Crippen LogP contribution is 2.30. The first-order chi connectivity index (χ1) is 7.27. The number of hydrogen-bond acceptors (Lipinski definition) is 3. The molecule has 3 nitrogen and oxygen atoms in total. The molecular formula is C12H18N2O. The second-order valence-electron chi connectivity index (χ2n) is 4.30. The average Bonchev–Trinajstić information content (AvgIpc) is 2.30. The van der Waals surface area contributed by atoms with Crippen LogP contribution in [0, 0.1) is 12.8 Å². The summed E-state index contributed by atoms with van der Waals surface area (Å²) < 4.78 is 5.37. The van der Waals surface area contributed by atoms with Crippen molar-refractivity contribution in [2.24, 2.45) is 5.92 Å². The fraction of sp³-hybridized carbons (Fsp3) is 0.667. The molecule has 0 radical (unpaired) electrons. The number of hydrogen-bond donors (Lipinski definition) is 0. The normalized spacial score (nSPS) is 20.1. The fourth-order valence-corrected chi connectivity index (χ4v) is 2.13. The predicted molar refractivity (Wildman–Crippen MR) is 58.7 cm³/mol. The van der Waals surface area contributed by atoms with Gasteiger partial charge in [0.05, 0.1) is 0 Å². The Labute approximate surface area is 90.9 Å². The van der Waals surface area contributed by atoms with E-state index in [0.717, 1.165) is 37.8 Å². The quantitative estimate of drug-likeness (QED) is 0.744. The molecule has 1 aromatic rings. The summed E-state index contributed by atoms with van der Waals surface area (Å²) in [4.78, 5) is 8.51. The molecule has 0 saturated carbocycles. The van der Waals surface area contributed by atoms with E-state index in [4.69, 9.17) is 4.74 Å². The molecule has 0 amide bonds. The Hall–Kier alpha value is -0.960. The van der Waals surface area contributed by atoms with Crippen molar-refractivity contribution in [3.8, 4) is 0 Å². The Bertz CT molecular complexity index is 304. The largest absolute Gasteiger partial charge is 0.381 e. The Morgan fingerprint density at radius 3 is 2.47 bits per heavy atom. The Morgan fingerprint density at radius 2 is 1.87 bits per heavy atom. The van der Waals surface area contributed by atoms with Crippen LogP contribution in [0.1, 0.15) is 37.1 Å². The maximum atomic E-state index is 5.37. The van der Waals surface area contributed by atoms with Gasteiger partial charge in [-0.1, -0.05) is 6.92 Å². The molecule has 1 saturated heterocycles. The summed E-state index contributed by atoms with van der Waals surface area (Å²) in [5.41, 5.74) is 1.26. The molecule has 1 aromatic heterocycles.